The molecule has 2 heterocycles. The third kappa shape index (κ3) is 1.54. The van der Waals surface area contributed by atoms with E-state index in [2.05, 4.69) is 42.8 Å². The summed E-state index contributed by atoms with van der Waals surface area (Å²) in [7, 11) is 0. The zero-order valence-electron chi connectivity index (χ0n) is 10.9. The number of aromatic nitrogens is 1. The Labute approximate surface area is 107 Å². The maximum absolute atomic E-state index is 11.2. The van der Waals surface area contributed by atoms with Crippen molar-refractivity contribution in [1.82, 2.24) is 4.57 Å². The number of hydrogen-bond donors (Lipinski definition) is 1. The van der Waals surface area contributed by atoms with E-state index < -0.39 is 0 Å². The van der Waals surface area contributed by atoms with Gasteiger partial charge in [0.1, 0.15) is 0 Å². The molecule has 1 amide bonds. The van der Waals surface area contributed by atoms with Crippen molar-refractivity contribution in [2.75, 3.05) is 0 Å². The second-order valence-corrected chi connectivity index (χ2v) is 5.83. The largest absolute Gasteiger partial charge is 0.369 e. The van der Waals surface area contributed by atoms with Crippen LogP contribution in [0, 0.1) is 0 Å². The fourth-order valence-electron chi connectivity index (χ4n) is 3.02. The number of carbonyl (C=O) groups excluding carboxylic acids is 1. The molecule has 0 saturated heterocycles. The Morgan fingerprint density at radius 2 is 2.22 bits per heavy atom. The van der Waals surface area contributed by atoms with Crippen LogP contribution in [-0.2, 0) is 23.2 Å². The highest BCUT2D eigenvalue weighted by atomic mass is 16.1. The van der Waals surface area contributed by atoms with Crippen LogP contribution >= 0.6 is 0 Å². The highest BCUT2D eigenvalue weighted by Gasteiger charge is 2.29. The van der Waals surface area contributed by atoms with Gasteiger partial charge in [0.25, 0.3) is 0 Å². The van der Waals surface area contributed by atoms with Crippen LogP contribution in [0.2, 0.25) is 0 Å². The second-order valence-electron chi connectivity index (χ2n) is 5.83. The van der Waals surface area contributed by atoms with Crippen LogP contribution in [0.15, 0.2) is 24.4 Å². The molecule has 0 spiro atoms. The summed E-state index contributed by atoms with van der Waals surface area (Å²) in [6.45, 7) is 5.58. The molecule has 3 rings (SSSR count). The van der Waals surface area contributed by atoms with Crippen LogP contribution < -0.4 is 5.73 Å². The minimum absolute atomic E-state index is 0.206. The number of amides is 1. The van der Waals surface area contributed by atoms with Crippen molar-refractivity contribution in [1.29, 1.82) is 0 Å². The number of rotatable bonds is 2. The number of nitrogens with two attached hydrogens (primary N) is 1. The topological polar surface area (TPSA) is 48.0 Å². The molecule has 1 aliphatic rings. The molecular weight excluding hydrogens is 224 g/mol. The molecule has 1 aliphatic heterocycles. The first-order chi connectivity index (χ1) is 8.49. The molecule has 0 bridgehead atoms. The summed E-state index contributed by atoms with van der Waals surface area (Å²) in [6.07, 6.45) is 3.55. The third-order valence-electron chi connectivity index (χ3n) is 4.05. The van der Waals surface area contributed by atoms with Gasteiger partial charge in [0.2, 0.25) is 5.91 Å². The van der Waals surface area contributed by atoms with E-state index in [1.807, 2.05) is 0 Å². The van der Waals surface area contributed by atoms with E-state index in [1.54, 1.807) is 0 Å². The molecule has 0 aliphatic carbocycles. The van der Waals surface area contributed by atoms with Gasteiger partial charge in [-0.1, -0.05) is 32.0 Å². The Balaban J connectivity index is 2.29. The molecule has 0 unspecified atom stereocenters. The fourth-order valence-corrected chi connectivity index (χ4v) is 3.02. The zero-order valence-corrected chi connectivity index (χ0v) is 10.9. The summed E-state index contributed by atoms with van der Waals surface area (Å²) in [4.78, 5) is 11.2. The van der Waals surface area contributed by atoms with Crippen LogP contribution in [0.4, 0.5) is 0 Å². The quantitative estimate of drug-likeness (QED) is 0.863. The standard InChI is InChI=1S/C15H18N2O/c1-15(2)6-7-17-9-10(8-13(16)18)11-4-3-5-12(15)14(11)17/h3-5,9H,6-8H2,1-2H3,(H2,16,18). The summed E-state index contributed by atoms with van der Waals surface area (Å²) < 4.78 is 2.27. The molecule has 1 aromatic heterocycles. The van der Waals surface area contributed by atoms with Gasteiger partial charge >= 0.3 is 0 Å². The molecule has 3 nitrogen and oxygen atoms in total. The van der Waals surface area contributed by atoms with Gasteiger partial charge in [-0.3, -0.25) is 4.79 Å². The lowest BCUT2D eigenvalue weighted by Gasteiger charge is -2.31. The van der Waals surface area contributed by atoms with E-state index in [4.69, 9.17) is 5.73 Å². The van der Waals surface area contributed by atoms with Gasteiger partial charge < -0.3 is 10.3 Å². The fraction of sp³-hybridized carbons (Fsp3) is 0.400. The summed E-state index contributed by atoms with van der Waals surface area (Å²) in [5.74, 6) is -0.266. The number of para-hydroxylation sites is 1. The van der Waals surface area contributed by atoms with E-state index in [0.29, 0.717) is 6.42 Å². The van der Waals surface area contributed by atoms with Crippen molar-refractivity contribution >= 4 is 16.8 Å². The normalized spacial score (nSPS) is 17.0. The van der Waals surface area contributed by atoms with Crippen LogP contribution in [0.3, 0.4) is 0 Å². The van der Waals surface area contributed by atoms with E-state index in [0.717, 1.165) is 18.5 Å². The van der Waals surface area contributed by atoms with Gasteiger partial charge in [-0.05, 0) is 23.0 Å². The molecule has 94 valence electrons. The van der Waals surface area contributed by atoms with E-state index >= 15 is 0 Å². The minimum atomic E-state index is -0.266. The molecule has 3 heteroatoms. The van der Waals surface area contributed by atoms with Gasteiger partial charge in [0, 0.05) is 18.1 Å². The Hall–Kier alpha value is -1.77. The molecule has 1 aromatic carbocycles. The molecule has 18 heavy (non-hydrogen) atoms. The van der Waals surface area contributed by atoms with E-state index in [1.165, 1.54) is 16.5 Å². The van der Waals surface area contributed by atoms with Crippen molar-refractivity contribution < 1.29 is 4.79 Å². The Morgan fingerprint density at radius 1 is 1.44 bits per heavy atom. The predicted molar refractivity (Wildman–Crippen MR) is 72.5 cm³/mol. The predicted octanol–water partition coefficient (Wildman–Crippen LogP) is 2.35. The van der Waals surface area contributed by atoms with Crippen LogP contribution in [-0.4, -0.2) is 10.5 Å². The SMILES string of the molecule is CC1(C)CCn2cc(CC(N)=O)c3cccc1c32. The van der Waals surface area contributed by atoms with Crippen LogP contribution in [0.5, 0.6) is 0 Å². The number of nitrogens with zero attached hydrogens (tertiary/aromatic N) is 1. The molecule has 0 atom stereocenters. The zero-order chi connectivity index (χ0) is 12.9. The monoisotopic (exact) mass is 242 g/mol. The molecule has 2 aromatic rings. The molecular formula is C15H18N2O. The Kier molecular flexibility index (Phi) is 2.27. The summed E-state index contributed by atoms with van der Waals surface area (Å²) in [5, 5.41) is 1.18. The lowest BCUT2D eigenvalue weighted by molar-refractivity contribution is -0.117. The van der Waals surface area contributed by atoms with Crippen molar-refractivity contribution in [3.05, 3.63) is 35.5 Å². The number of aryl methyl sites for hydroxylation is 1. The van der Waals surface area contributed by atoms with Gasteiger partial charge in [-0.15, -0.1) is 0 Å². The first kappa shape index (κ1) is 11.3. The van der Waals surface area contributed by atoms with Gasteiger partial charge in [-0.25, -0.2) is 0 Å². The van der Waals surface area contributed by atoms with Crippen molar-refractivity contribution in [3.63, 3.8) is 0 Å². The van der Waals surface area contributed by atoms with Crippen molar-refractivity contribution in [2.24, 2.45) is 5.73 Å². The lowest BCUT2D eigenvalue weighted by Crippen LogP contribution is -2.25. The van der Waals surface area contributed by atoms with Gasteiger partial charge in [0.15, 0.2) is 0 Å². The number of carbonyl (C=O) groups is 1. The Bertz CT molecular complexity index is 637. The highest BCUT2D eigenvalue weighted by Crippen LogP contribution is 2.39. The van der Waals surface area contributed by atoms with E-state index in [-0.39, 0.29) is 11.3 Å². The summed E-state index contributed by atoms with van der Waals surface area (Å²) >= 11 is 0. The van der Waals surface area contributed by atoms with Crippen LogP contribution in [0.1, 0.15) is 31.4 Å². The first-order valence-corrected chi connectivity index (χ1v) is 6.38. The third-order valence-corrected chi connectivity index (χ3v) is 4.05. The number of benzene rings is 1. The molecule has 0 fully saturated rings. The van der Waals surface area contributed by atoms with Crippen molar-refractivity contribution in [3.8, 4) is 0 Å². The molecule has 2 N–H and O–H groups in total. The average molecular weight is 242 g/mol. The number of hydrogen-bond acceptors (Lipinski definition) is 1. The summed E-state index contributed by atoms with van der Waals surface area (Å²) in [5.41, 5.74) is 9.24. The average Bonchev–Trinajstić information content (AvgIpc) is 2.64. The lowest BCUT2D eigenvalue weighted by atomic mass is 9.79. The smallest absolute Gasteiger partial charge is 0.221 e. The number of primary amides is 1. The maximum atomic E-state index is 11.2. The van der Waals surface area contributed by atoms with Gasteiger partial charge in [-0.2, -0.15) is 0 Å². The maximum Gasteiger partial charge on any atom is 0.221 e. The minimum Gasteiger partial charge on any atom is -0.369 e. The summed E-state index contributed by atoms with van der Waals surface area (Å²) in [6, 6.07) is 6.38. The Morgan fingerprint density at radius 3 is 2.94 bits per heavy atom. The molecule has 0 saturated carbocycles. The highest BCUT2D eigenvalue weighted by molar-refractivity contribution is 5.91. The van der Waals surface area contributed by atoms with Crippen LogP contribution in [0.25, 0.3) is 10.9 Å². The van der Waals surface area contributed by atoms with Gasteiger partial charge in [0.05, 0.1) is 11.9 Å². The van der Waals surface area contributed by atoms with E-state index in [9.17, 15) is 4.79 Å². The first-order valence-electron chi connectivity index (χ1n) is 6.38. The van der Waals surface area contributed by atoms with Crippen molar-refractivity contribution in [2.45, 2.75) is 38.6 Å². The molecule has 0 radical (unpaired) electrons. The second kappa shape index (κ2) is 3.61.